The van der Waals surface area contributed by atoms with Crippen molar-refractivity contribution in [2.24, 2.45) is 0 Å². The Balaban J connectivity index is 4.70. The molecule has 0 amide bonds. The van der Waals surface area contributed by atoms with Crippen molar-refractivity contribution in [2.75, 3.05) is 13.2 Å². The average Bonchev–Trinajstić information content (AvgIpc) is 3.31. The minimum atomic E-state index is -0.865. The summed E-state index contributed by atoms with van der Waals surface area (Å²) in [6.07, 6.45) is 78.9. The third-order valence-corrected chi connectivity index (χ3v) is 9.28. The van der Waals surface area contributed by atoms with Crippen molar-refractivity contribution in [1.29, 1.82) is 0 Å². The SMILES string of the molecule is CC\C=C/C=C\C=C/C=C\C=C/CCCC(=O)OCC(COC(=O)CC/C=C\C/C=C\C/C=C\C/C=C\C/C=C\C/C=C\CC)OC(=O)CCCCC/C=C\C/C=C\C/C=C\C/C=C\CC. The zero-order chi connectivity index (χ0) is 47.9. The van der Waals surface area contributed by atoms with Gasteiger partial charge in [-0.2, -0.15) is 0 Å². The molecule has 0 radical (unpaired) electrons. The molecule has 0 aromatic carbocycles. The number of hydrogen-bond donors (Lipinski definition) is 0. The molecule has 0 aromatic heterocycles. The summed E-state index contributed by atoms with van der Waals surface area (Å²) in [4.78, 5) is 37.9. The first-order chi connectivity index (χ1) is 32.5. The second kappa shape index (κ2) is 52.1. The molecule has 0 rings (SSSR count). The summed E-state index contributed by atoms with van der Waals surface area (Å²) >= 11 is 0. The number of ether oxygens (including phenoxy) is 3. The van der Waals surface area contributed by atoms with Gasteiger partial charge in [0.15, 0.2) is 6.10 Å². The zero-order valence-electron chi connectivity index (χ0n) is 41.1. The highest BCUT2D eigenvalue weighted by molar-refractivity contribution is 5.71. The second-order valence-corrected chi connectivity index (χ2v) is 15.3. The standard InChI is InChI=1S/C60H86O6/c1-4-7-10-13-16-19-22-25-27-29-30-31-33-35-38-41-44-47-50-53-59(62)65-56-57(55-64-58(61)52-49-46-43-40-37-34-24-21-18-15-12-9-6-3)66-60(63)54-51-48-45-42-39-36-32-28-26-23-20-17-14-11-8-5-2/h7-12,15-21,24-28,30-31,34-40,43-44,47,57H,4-6,13-14,22-23,29,32-33,41-42,45-46,48-56H2,1-3H3/b10-7-,11-8-,12-9-,18-15-,19-16-,20-17-,24-21-,27-25-,28-26-,31-30-,37-34-,38-35-,39-36-,43-40-,47-44-. The van der Waals surface area contributed by atoms with E-state index >= 15 is 0 Å². The topological polar surface area (TPSA) is 78.9 Å². The number of allylic oxidation sites excluding steroid dienone is 30. The molecule has 0 aliphatic rings. The summed E-state index contributed by atoms with van der Waals surface area (Å²) in [5, 5.41) is 0. The van der Waals surface area contributed by atoms with Crippen LogP contribution in [0.25, 0.3) is 0 Å². The molecule has 0 fully saturated rings. The molecule has 0 saturated heterocycles. The number of unbranched alkanes of at least 4 members (excludes halogenated alkanes) is 4. The fraction of sp³-hybridized carbons (Fsp3) is 0.450. The summed E-state index contributed by atoms with van der Waals surface area (Å²) in [5.41, 5.74) is 0. The Kier molecular flexibility index (Phi) is 47.8. The fourth-order valence-corrected chi connectivity index (χ4v) is 5.66. The van der Waals surface area contributed by atoms with Crippen LogP contribution in [0.2, 0.25) is 0 Å². The average molecular weight is 903 g/mol. The number of rotatable bonds is 41. The highest BCUT2D eigenvalue weighted by Gasteiger charge is 2.19. The lowest BCUT2D eigenvalue weighted by Gasteiger charge is -2.18. The van der Waals surface area contributed by atoms with Crippen molar-refractivity contribution in [3.8, 4) is 0 Å². The Morgan fingerprint density at radius 1 is 0.318 bits per heavy atom. The van der Waals surface area contributed by atoms with Crippen LogP contribution < -0.4 is 0 Å². The molecule has 66 heavy (non-hydrogen) atoms. The first-order valence-electron chi connectivity index (χ1n) is 24.9. The summed E-state index contributed by atoms with van der Waals surface area (Å²) in [6.45, 7) is 6.06. The molecule has 6 nitrogen and oxygen atoms in total. The van der Waals surface area contributed by atoms with E-state index in [1.807, 2.05) is 66.8 Å². The molecule has 0 N–H and O–H groups in total. The molecule has 0 aromatic rings. The van der Waals surface area contributed by atoms with Crippen molar-refractivity contribution >= 4 is 17.9 Å². The minimum absolute atomic E-state index is 0.162. The van der Waals surface area contributed by atoms with Crippen molar-refractivity contribution in [3.63, 3.8) is 0 Å². The minimum Gasteiger partial charge on any atom is -0.462 e. The van der Waals surface area contributed by atoms with E-state index in [0.29, 0.717) is 19.3 Å². The highest BCUT2D eigenvalue weighted by Crippen LogP contribution is 2.09. The molecule has 0 bridgehead atoms. The van der Waals surface area contributed by atoms with Crippen LogP contribution in [0.5, 0.6) is 0 Å². The predicted molar refractivity (Wildman–Crippen MR) is 283 cm³/mol. The first-order valence-corrected chi connectivity index (χ1v) is 24.9. The Morgan fingerprint density at radius 2 is 0.667 bits per heavy atom. The maximum absolute atomic E-state index is 12.8. The van der Waals surface area contributed by atoms with Crippen LogP contribution >= 0.6 is 0 Å². The van der Waals surface area contributed by atoms with Gasteiger partial charge in [0.1, 0.15) is 13.2 Å². The van der Waals surface area contributed by atoms with Crippen molar-refractivity contribution in [2.45, 2.75) is 162 Å². The van der Waals surface area contributed by atoms with Crippen LogP contribution in [-0.2, 0) is 28.6 Å². The van der Waals surface area contributed by atoms with Crippen LogP contribution in [-0.4, -0.2) is 37.2 Å². The van der Waals surface area contributed by atoms with Gasteiger partial charge in [0, 0.05) is 19.3 Å². The van der Waals surface area contributed by atoms with Crippen molar-refractivity contribution in [1.82, 2.24) is 0 Å². The Hall–Kier alpha value is -5.49. The van der Waals surface area contributed by atoms with E-state index in [9.17, 15) is 14.4 Å². The summed E-state index contributed by atoms with van der Waals surface area (Å²) < 4.78 is 16.6. The van der Waals surface area contributed by atoms with Gasteiger partial charge in [0.25, 0.3) is 0 Å². The smallest absolute Gasteiger partial charge is 0.306 e. The molecule has 0 aliphatic heterocycles. The highest BCUT2D eigenvalue weighted by atomic mass is 16.6. The molecular weight excluding hydrogens is 817 g/mol. The molecule has 1 atom stereocenters. The van der Waals surface area contributed by atoms with Crippen LogP contribution in [0.15, 0.2) is 182 Å². The number of esters is 3. The van der Waals surface area contributed by atoms with E-state index in [1.54, 1.807) is 0 Å². The largest absolute Gasteiger partial charge is 0.462 e. The van der Waals surface area contributed by atoms with Gasteiger partial charge in [-0.15, -0.1) is 0 Å². The number of carbonyl (C=O) groups excluding carboxylic acids is 3. The van der Waals surface area contributed by atoms with E-state index in [-0.39, 0.29) is 38.4 Å². The second-order valence-electron chi connectivity index (χ2n) is 15.3. The van der Waals surface area contributed by atoms with Gasteiger partial charge in [0.05, 0.1) is 0 Å². The lowest BCUT2D eigenvalue weighted by atomic mass is 10.1. The Labute approximate surface area is 402 Å². The van der Waals surface area contributed by atoms with E-state index in [0.717, 1.165) is 96.3 Å². The first kappa shape index (κ1) is 60.5. The van der Waals surface area contributed by atoms with E-state index < -0.39 is 18.0 Å². The molecule has 0 spiro atoms. The number of hydrogen-bond acceptors (Lipinski definition) is 6. The van der Waals surface area contributed by atoms with Crippen LogP contribution in [0.1, 0.15) is 156 Å². The Morgan fingerprint density at radius 3 is 1.12 bits per heavy atom. The third kappa shape index (κ3) is 49.5. The fourth-order valence-electron chi connectivity index (χ4n) is 5.66. The van der Waals surface area contributed by atoms with Gasteiger partial charge in [-0.1, -0.05) is 209 Å². The quantitative estimate of drug-likeness (QED) is 0.0200. The van der Waals surface area contributed by atoms with Gasteiger partial charge in [-0.25, -0.2) is 0 Å². The molecule has 1 unspecified atom stereocenters. The maximum atomic E-state index is 12.8. The van der Waals surface area contributed by atoms with Gasteiger partial charge < -0.3 is 14.2 Å². The Bertz CT molecular complexity index is 1650. The van der Waals surface area contributed by atoms with Crippen LogP contribution in [0.4, 0.5) is 0 Å². The molecule has 0 saturated carbocycles. The van der Waals surface area contributed by atoms with Gasteiger partial charge in [-0.3, -0.25) is 14.4 Å². The molecular formula is C60H86O6. The number of carbonyl (C=O) groups is 3. The van der Waals surface area contributed by atoms with Gasteiger partial charge >= 0.3 is 17.9 Å². The zero-order valence-corrected chi connectivity index (χ0v) is 41.1. The monoisotopic (exact) mass is 903 g/mol. The van der Waals surface area contributed by atoms with E-state index in [1.165, 1.54) is 0 Å². The van der Waals surface area contributed by atoms with Gasteiger partial charge in [-0.05, 0) is 109 Å². The molecule has 0 aliphatic carbocycles. The van der Waals surface area contributed by atoms with E-state index in [2.05, 4.69) is 136 Å². The normalized spacial score (nSPS) is 13.7. The van der Waals surface area contributed by atoms with Gasteiger partial charge in [0.2, 0.25) is 0 Å². The predicted octanol–water partition coefficient (Wildman–Crippen LogP) is 16.6. The molecule has 362 valence electrons. The van der Waals surface area contributed by atoms with E-state index in [4.69, 9.17) is 14.2 Å². The van der Waals surface area contributed by atoms with Crippen LogP contribution in [0, 0.1) is 0 Å². The summed E-state index contributed by atoms with van der Waals surface area (Å²) in [7, 11) is 0. The molecule has 6 heteroatoms. The maximum Gasteiger partial charge on any atom is 0.306 e. The van der Waals surface area contributed by atoms with Crippen molar-refractivity contribution in [3.05, 3.63) is 182 Å². The lowest BCUT2D eigenvalue weighted by molar-refractivity contribution is -0.166. The van der Waals surface area contributed by atoms with Crippen LogP contribution in [0.3, 0.4) is 0 Å². The summed E-state index contributed by atoms with van der Waals surface area (Å²) in [6, 6.07) is 0. The lowest BCUT2D eigenvalue weighted by Crippen LogP contribution is -2.30. The summed E-state index contributed by atoms with van der Waals surface area (Å²) in [5.74, 6) is -1.17. The molecule has 0 heterocycles. The van der Waals surface area contributed by atoms with Crippen molar-refractivity contribution < 1.29 is 28.6 Å². The third-order valence-electron chi connectivity index (χ3n) is 9.28.